The van der Waals surface area contributed by atoms with Crippen LogP contribution in [0.3, 0.4) is 0 Å². The Hall–Kier alpha value is -3.04. The summed E-state index contributed by atoms with van der Waals surface area (Å²) in [6.45, 7) is 12.3. The lowest BCUT2D eigenvalue weighted by atomic mass is 9.92. The third-order valence-corrected chi connectivity index (χ3v) is 6.32. The molecule has 1 aliphatic rings. The van der Waals surface area contributed by atoms with E-state index < -0.39 is 35.4 Å². The van der Waals surface area contributed by atoms with Gasteiger partial charge >= 0.3 is 18.2 Å². The van der Waals surface area contributed by atoms with E-state index in [-0.39, 0.29) is 17.8 Å². The number of ether oxygens (including phenoxy) is 4. The van der Waals surface area contributed by atoms with Gasteiger partial charge in [-0.05, 0) is 77.8 Å². The molecule has 1 aliphatic heterocycles. The van der Waals surface area contributed by atoms with Crippen LogP contribution in [0.2, 0.25) is 0 Å². The van der Waals surface area contributed by atoms with Crippen molar-refractivity contribution in [2.24, 2.45) is 5.92 Å². The molecule has 10 heteroatoms. The highest BCUT2D eigenvalue weighted by Crippen LogP contribution is 2.27. The summed E-state index contributed by atoms with van der Waals surface area (Å²) in [5, 5.41) is 2.49. The molecular formula is C28H43FN2O7. The van der Waals surface area contributed by atoms with E-state index in [1.807, 2.05) is 13.8 Å². The molecule has 1 N–H and O–H groups in total. The second-order valence-electron chi connectivity index (χ2n) is 11.0. The van der Waals surface area contributed by atoms with Crippen molar-refractivity contribution in [2.75, 3.05) is 26.8 Å². The number of nitrogens with one attached hydrogen (secondary N) is 1. The van der Waals surface area contributed by atoms with Gasteiger partial charge in [-0.2, -0.15) is 0 Å². The minimum Gasteiger partial charge on any atom is -0.493 e. The lowest BCUT2D eigenvalue weighted by molar-refractivity contribution is -0.143. The summed E-state index contributed by atoms with van der Waals surface area (Å²) in [7, 11) is 1.20. The summed E-state index contributed by atoms with van der Waals surface area (Å²) < 4.78 is 36.1. The highest BCUT2D eigenvalue weighted by Gasteiger charge is 2.32. The van der Waals surface area contributed by atoms with Gasteiger partial charge in [-0.15, -0.1) is 0 Å². The normalized spacial score (nSPS) is 16.0. The van der Waals surface area contributed by atoms with Crippen molar-refractivity contribution >= 4 is 18.2 Å². The van der Waals surface area contributed by atoms with Crippen LogP contribution in [0.25, 0.3) is 0 Å². The summed E-state index contributed by atoms with van der Waals surface area (Å²) in [6.07, 6.45) is 2.46. The van der Waals surface area contributed by atoms with Crippen molar-refractivity contribution in [3.05, 3.63) is 29.6 Å². The Morgan fingerprint density at radius 1 is 1.13 bits per heavy atom. The van der Waals surface area contributed by atoms with Crippen molar-refractivity contribution in [1.29, 1.82) is 0 Å². The van der Waals surface area contributed by atoms with Gasteiger partial charge in [0.05, 0.1) is 19.8 Å². The lowest BCUT2D eigenvalue weighted by Gasteiger charge is -2.31. The van der Waals surface area contributed by atoms with E-state index in [0.717, 1.165) is 25.7 Å². The number of rotatable bonds is 10. The number of amides is 2. The monoisotopic (exact) mass is 538 g/mol. The van der Waals surface area contributed by atoms with Gasteiger partial charge in [0, 0.05) is 25.1 Å². The quantitative estimate of drug-likeness (QED) is 0.241. The molecule has 1 heterocycles. The highest BCUT2D eigenvalue weighted by atomic mass is 19.1. The molecule has 1 saturated heterocycles. The van der Waals surface area contributed by atoms with Gasteiger partial charge in [0.25, 0.3) is 0 Å². The van der Waals surface area contributed by atoms with Crippen molar-refractivity contribution in [2.45, 2.75) is 90.9 Å². The smallest absolute Gasteiger partial charge is 0.410 e. The van der Waals surface area contributed by atoms with Gasteiger partial charge in [0.1, 0.15) is 23.2 Å². The van der Waals surface area contributed by atoms with Gasteiger partial charge in [0.2, 0.25) is 0 Å². The van der Waals surface area contributed by atoms with Crippen molar-refractivity contribution < 1.29 is 37.7 Å². The number of piperidine rings is 1. The minimum absolute atomic E-state index is 0.123. The number of nitrogens with zero attached hydrogens (tertiary/aromatic N) is 1. The molecule has 1 fully saturated rings. The molecule has 214 valence electrons. The standard InChI is InChI=1S/C28H43FN2O7/c1-18(2)37-27(34)31-14-12-20(13-15-31)9-8-16-36-21-10-11-22(23(29)17-21)19(3)24(25(32)35-7)30-26(33)38-28(4,5)6/h10-11,17-20,24H,8-9,12-16H2,1-7H3,(H,30,33)/t19-,24-/m0/s1. The van der Waals surface area contributed by atoms with E-state index in [4.69, 9.17) is 18.9 Å². The zero-order chi connectivity index (χ0) is 28.5. The van der Waals surface area contributed by atoms with Crippen molar-refractivity contribution in [1.82, 2.24) is 10.2 Å². The number of esters is 1. The molecule has 0 aliphatic carbocycles. The van der Waals surface area contributed by atoms with Crippen LogP contribution >= 0.6 is 0 Å². The van der Waals surface area contributed by atoms with Crippen LogP contribution in [0.15, 0.2) is 18.2 Å². The fraction of sp³-hybridized carbons (Fsp3) is 0.679. The first-order chi connectivity index (χ1) is 17.8. The topological polar surface area (TPSA) is 103 Å². The Labute approximate surface area is 225 Å². The fourth-order valence-electron chi connectivity index (χ4n) is 4.34. The van der Waals surface area contributed by atoms with E-state index in [9.17, 15) is 18.8 Å². The molecule has 0 bridgehead atoms. The average molecular weight is 539 g/mol. The highest BCUT2D eigenvalue weighted by molar-refractivity contribution is 5.82. The van der Waals surface area contributed by atoms with E-state index in [1.165, 1.54) is 13.2 Å². The molecule has 0 saturated carbocycles. The molecule has 1 aromatic carbocycles. The Bertz CT molecular complexity index is 940. The summed E-state index contributed by atoms with van der Waals surface area (Å²) >= 11 is 0. The summed E-state index contributed by atoms with van der Waals surface area (Å²) in [5.74, 6) is -1.07. The number of benzene rings is 1. The maximum absolute atomic E-state index is 15.0. The van der Waals surface area contributed by atoms with Gasteiger partial charge in [-0.3, -0.25) is 0 Å². The number of hydrogen-bond donors (Lipinski definition) is 1. The Morgan fingerprint density at radius 3 is 2.34 bits per heavy atom. The molecule has 1 aromatic rings. The van der Waals surface area contributed by atoms with Crippen LogP contribution in [-0.2, 0) is 19.0 Å². The maximum atomic E-state index is 15.0. The Balaban J connectivity index is 1.86. The predicted molar refractivity (Wildman–Crippen MR) is 141 cm³/mol. The molecule has 0 spiro atoms. The second-order valence-corrected chi connectivity index (χ2v) is 11.0. The second kappa shape index (κ2) is 14.2. The zero-order valence-electron chi connectivity index (χ0n) is 23.7. The van der Waals surface area contributed by atoms with Crippen LogP contribution in [0.5, 0.6) is 5.75 Å². The lowest BCUT2D eigenvalue weighted by Crippen LogP contribution is -2.46. The predicted octanol–water partition coefficient (Wildman–Crippen LogP) is 5.41. The molecule has 9 nitrogen and oxygen atoms in total. The third-order valence-electron chi connectivity index (χ3n) is 6.32. The molecule has 2 atom stereocenters. The van der Waals surface area contributed by atoms with Gasteiger partial charge < -0.3 is 29.2 Å². The average Bonchev–Trinajstić information content (AvgIpc) is 2.83. The van der Waals surface area contributed by atoms with E-state index in [1.54, 1.807) is 44.7 Å². The number of halogens is 1. The number of likely N-dealkylation sites (tertiary alicyclic amines) is 1. The van der Waals surface area contributed by atoms with Crippen LogP contribution in [-0.4, -0.2) is 67.6 Å². The molecule has 0 radical (unpaired) electrons. The van der Waals surface area contributed by atoms with Gasteiger partial charge in [-0.25, -0.2) is 18.8 Å². The van der Waals surface area contributed by atoms with Crippen LogP contribution in [0, 0.1) is 11.7 Å². The molecule has 38 heavy (non-hydrogen) atoms. The van der Waals surface area contributed by atoms with Gasteiger partial charge in [-0.1, -0.05) is 13.0 Å². The van der Waals surface area contributed by atoms with E-state index in [0.29, 0.717) is 31.4 Å². The van der Waals surface area contributed by atoms with E-state index >= 15 is 0 Å². The number of methoxy groups -OCH3 is 1. The first-order valence-corrected chi connectivity index (χ1v) is 13.3. The van der Waals surface area contributed by atoms with Crippen LogP contribution in [0.4, 0.5) is 14.0 Å². The van der Waals surface area contributed by atoms with Crippen molar-refractivity contribution in [3.63, 3.8) is 0 Å². The summed E-state index contributed by atoms with van der Waals surface area (Å²) in [4.78, 5) is 38.3. The molecule has 0 aromatic heterocycles. The molecule has 2 amide bonds. The Kier molecular flexibility index (Phi) is 11.7. The third kappa shape index (κ3) is 10.0. The molecular weight excluding hydrogens is 495 g/mol. The summed E-state index contributed by atoms with van der Waals surface area (Å²) in [6, 6.07) is 3.35. The largest absolute Gasteiger partial charge is 0.493 e. The first-order valence-electron chi connectivity index (χ1n) is 13.3. The van der Waals surface area contributed by atoms with Crippen LogP contribution in [0.1, 0.15) is 78.7 Å². The number of hydrogen-bond acceptors (Lipinski definition) is 7. The maximum Gasteiger partial charge on any atom is 0.410 e. The number of carbonyl (C=O) groups is 3. The first kappa shape index (κ1) is 31.2. The summed E-state index contributed by atoms with van der Waals surface area (Å²) in [5.41, 5.74) is -0.511. The number of alkyl carbamates (subject to hydrolysis) is 1. The van der Waals surface area contributed by atoms with E-state index in [2.05, 4.69) is 5.32 Å². The molecule has 0 unspecified atom stereocenters. The minimum atomic E-state index is -1.13. The zero-order valence-corrected chi connectivity index (χ0v) is 23.7. The Morgan fingerprint density at radius 2 is 1.79 bits per heavy atom. The molecule has 2 rings (SSSR count). The van der Waals surface area contributed by atoms with Crippen LogP contribution < -0.4 is 10.1 Å². The fourth-order valence-corrected chi connectivity index (χ4v) is 4.34. The van der Waals surface area contributed by atoms with Crippen molar-refractivity contribution in [3.8, 4) is 5.75 Å². The van der Waals surface area contributed by atoms with Gasteiger partial charge in [0.15, 0.2) is 0 Å². The number of carbonyl (C=O) groups excluding carboxylic acids is 3. The SMILES string of the molecule is COC(=O)[C@@H](NC(=O)OC(C)(C)C)[C@@H](C)c1ccc(OCCCC2CCN(C(=O)OC(C)C)CC2)cc1F.